The lowest BCUT2D eigenvalue weighted by Crippen LogP contribution is -2.14. The van der Waals surface area contributed by atoms with Crippen molar-refractivity contribution in [3.63, 3.8) is 0 Å². The molecule has 0 amide bonds. The van der Waals surface area contributed by atoms with Crippen molar-refractivity contribution >= 4 is 28.7 Å². The quantitative estimate of drug-likeness (QED) is 0.145. The number of nitrogens with zero attached hydrogens (tertiary/aromatic N) is 2. The van der Waals surface area contributed by atoms with Crippen molar-refractivity contribution in [1.29, 1.82) is 5.41 Å². The number of hydrogen-bond donors (Lipinski definition) is 1. The largest absolute Gasteiger partial charge is 0.282 e. The van der Waals surface area contributed by atoms with Crippen LogP contribution in [0.4, 0.5) is 0 Å². The van der Waals surface area contributed by atoms with Crippen molar-refractivity contribution in [3.05, 3.63) is 192 Å². The molecule has 0 fully saturated rings. The first-order chi connectivity index (χ1) is 24.0. The summed E-state index contributed by atoms with van der Waals surface area (Å²) in [5.74, 6) is 0.662. The van der Waals surface area contributed by atoms with Crippen LogP contribution in [0.2, 0.25) is 0 Å². The minimum atomic E-state index is -0.0390. The number of amidine groups is 2. The second-order valence-electron chi connectivity index (χ2n) is 13.0. The topological polar surface area (TPSA) is 48.6 Å². The number of hydrogen-bond acceptors (Lipinski definition) is 1. The van der Waals surface area contributed by atoms with E-state index in [0.717, 1.165) is 38.6 Å². The molecule has 234 valence electrons. The van der Waals surface area contributed by atoms with Gasteiger partial charge in [-0.2, -0.15) is 0 Å². The Hall–Kier alpha value is -6.19. The fraction of sp³-hybridized carbons (Fsp3) is 0.0652. The van der Waals surface area contributed by atoms with Crippen molar-refractivity contribution in [2.24, 2.45) is 9.98 Å². The molecule has 0 bridgehead atoms. The zero-order valence-electron chi connectivity index (χ0n) is 27.6. The molecule has 0 radical (unpaired) electrons. The zero-order valence-corrected chi connectivity index (χ0v) is 27.6. The molecule has 49 heavy (non-hydrogen) atoms. The van der Waals surface area contributed by atoms with Gasteiger partial charge in [0.2, 0.25) is 0 Å². The monoisotopic (exact) mass is 629 g/mol. The Balaban J connectivity index is 1.18. The van der Waals surface area contributed by atoms with Gasteiger partial charge in [-0.1, -0.05) is 172 Å². The van der Waals surface area contributed by atoms with Crippen LogP contribution >= 0.6 is 0 Å². The molecule has 8 rings (SSSR count). The molecule has 0 unspecified atom stereocenters. The molecule has 0 aromatic heterocycles. The van der Waals surface area contributed by atoms with E-state index in [1.165, 1.54) is 33.4 Å². The Kier molecular flexibility index (Phi) is 7.66. The van der Waals surface area contributed by atoms with Crippen molar-refractivity contribution in [3.8, 4) is 33.4 Å². The highest BCUT2D eigenvalue weighted by Crippen LogP contribution is 2.49. The molecule has 1 aliphatic carbocycles. The number of benzene rings is 7. The number of aliphatic imine (C=N–C) groups is 2. The summed E-state index contributed by atoms with van der Waals surface area (Å²) in [5, 5.41) is 11.0. The third-order valence-corrected chi connectivity index (χ3v) is 9.70. The molecule has 0 saturated carbocycles. The lowest BCUT2D eigenvalue weighted by Gasteiger charge is -2.22. The van der Waals surface area contributed by atoms with Gasteiger partial charge in [-0.25, -0.2) is 9.98 Å². The van der Waals surface area contributed by atoms with Crippen molar-refractivity contribution in [1.82, 2.24) is 0 Å². The van der Waals surface area contributed by atoms with Crippen molar-refractivity contribution < 1.29 is 0 Å². The molecular weight excluding hydrogens is 595 g/mol. The SMILES string of the molecule is CC1(C)c2ccccc2-c2ccc(-c3ccc(-c4ccc5ccccc5c4C=NC(=NC(=N)c4ccccc4)c4ccccc4)cc3)cc21. The average Bonchev–Trinajstić information content (AvgIpc) is 3.39. The Morgan fingerprint density at radius 1 is 0.531 bits per heavy atom. The summed E-state index contributed by atoms with van der Waals surface area (Å²) in [6.45, 7) is 4.65. The van der Waals surface area contributed by atoms with Gasteiger partial charge in [0, 0.05) is 28.3 Å². The smallest absolute Gasteiger partial charge is 0.161 e. The lowest BCUT2D eigenvalue weighted by atomic mass is 9.81. The molecule has 7 aromatic carbocycles. The van der Waals surface area contributed by atoms with Crippen molar-refractivity contribution in [2.45, 2.75) is 19.3 Å². The van der Waals surface area contributed by atoms with Crippen LogP contribution in [0.15, 0.2) is 174 Å². The van der Waals surface area contributed by atoms with E-state index in [-0.39, 0.29) is 11.3 Å². The van der Waals surface area contributed by atoms with Gasteiger partial charge in [0.1, 0.15) is 0 Å². The maximum Gasteiger partial charge on any atom is 0.161 e. The summed E-state index contributed by atoms with van der Waals surface area (Å²) in [4.78, 5) is 9.69. The third kappa shape index (κ3) is 5.60. The predicted octanol–water partition coefficient (Wildman–Crippen LogP) is 11.4. The standard InChI is InChI=1S/C46H35N3/c1-46(2)42-20-12-11-19-39(42)40-28-26-36(29-43(40)46)31-21-23-33(24-22-31)38-27-25-32-13-9-10-18-37(32)41(38)30-48-45(35-16-7-4-8-17-35)49-44(47)34-14-5-3-6-15-34/h3-30,47H,1-2H3. The Morgan fingerprint density at radius 2 is 1.12 bits per heavy atom. The van der Waals surface area contributed by atoms with Crippen LogP contribution in [0, 0.1) is 5.41 Å². The molecule has 3 nitrogen and oxygen atoms in total. The molecule has 3 heteroatoms. The molecular formula is C46H35N3. The summed E-state index contributed by atoms with van der Waals surface area (Å²) < 4.78 is 0. The van der Waals surface area contributed by atoms with Gasteiger partial charge in [0.25, 0.3) is 0 Å². The van der Waals surface area contributed by atoms with E-state index in [1.54, 1.807) is 0 Å². The van der Waals surface area contributed by atoms with Crippen LogP contribution in [-0.4, -0.2) is 17.9 Å². The normalized spacial score (nSPS) is 13.4. The van der Waals surface area contributed by atoms with Gasteiger partial charge in [-0.3, -0.25) is 5.41 Å². The maximum atomic E-state index is 8.73. The molecule has 0 spiro atoms. The van der Waals surface area contributed by atoms with Gasteiger partial charge in [-0.15, -0.1) is 0 Å². The molecule has 0 heterocycles. The third-order valence-electron chi connectivity index (χ3n) is 9.70. The lowest BCUT2D eigenvalue weighted by molar-refractivity contribution is 0.660. The number of rotatable bonds is 5. The van der Waals surface area contributed by atoms with Gasteiger partial charge >= 0.3 is 0 Å². The van der Waals surface area contributed by atoms with Crippen LogP contribution in [-0.2, 0) is 5.41 Å². The van der Waals surface area contributed by atoms with Crippen molar-refractivity contribution in [2.75, 3.05) is 0 Å². The second-order valence-corrected chi connectivity index (χ2v) is 13.0. The minimum Gasteiger partial charge on any atom is -0.282 e. The van der Waals surface area contributed by atoms with Crippen LogP contribution in [0.25, 0.3) is 44.2 Å². The highest BCUT2D eigenvalue weighted by atomic mass is 14.9. The summed E-state index contributed by atoms with van der Waals surface area (Å²) >= 11 is 0. The van der Waals surface area contributed by atoms with Gasteiger partial charge in [-0.05, 0) is 61.3 Å². The highest BCUT2D eigenvalue weighted by Gasteiger charge is 2.35. The summed E-state index contributed by atoms with van der Waals surface area (Å²) in [6.07, 6.45) is 1.91. The van der Waals surface area contributed by atoms with Gasteiger partial charge in [0.15, 0.2) is 11.7 Å². The van der Waals surface area contributed by atoms with Gasteiger partial charge < -0.3 is 0 Å². The fourth-order valence-electron chi connectivity index (χ4n) is 7.06. The van der Waals surface area contributed by atoms with E-state index < -0.39 is 0 Å². The molecule has 0 atom stereocenters. The fourth-order valence-corrected chi connectivity index (χ4v) is 7.06. The van der Waals surface area contributed by atoms with E-state index in [2.05, 4.69) is 117 Å². The first kappa shape index (κ1) is 30.2. The first-order valence-corrected chi connectivity index (χ1v) is 16.7. The predicted molar refractivity (Wildman–Crippen MR) is 206 cm³/mol. The highest BCUT2D eigenvalue weighted by molar-refractivity contribution is 6.15. The zero-order chi connectivity index (χ0) is 33.4. The van der Waals surface area contributed by atoms with E-state index >= 15 is 0 Å². The number of fused-ring (bicyclic) bond motifs is 4. The van der Waals surface area contributed by atoms with Gasteiger partial charge in [0.05, 0.1) is 0 Å². The van der Waals surface area contributed by atoms with Crippen LogP contribution in [0.1, 0.15) is 41.7 Å². The maximum absolute atomic E-state index is 8.73. The average molecular weight is 630 g/mol. The molecule has 7 aromatic rings. The summed E-state index contributed by atoms with van der Waals surface area (Å²) in [6, 6.07) is 56.7. The Bertz CT molecular complexity index is 2400. The Morgan fingerprint density at radius 3 is 1.90 bits per heavy atom. The Labute approximate surface area is 287 Å². The first-order valence-electron chi connectivity index (χ1n) is 16.7. The van der Waals surface area contributed by atoms with Crippen LogP contribution < -0.4 is 0 Å². The van der Waals surface area contributed by atoms with E-state index in [4.69, 9.17) is 15.4 Å². The van der Waals surface area contributed by atoms with Crippen LogP contribution in [0.5, 0.6) is 0 Å². The molecule has 1 aliphatic rings. The second kappa shape index (κ2) is 12.4. The molecule has 0 saturated heterocycles. The van der Waals surface area contributed by atoms with E-state index in [1.807, 2.05) is 66.9 Å². The van der Waals surface area contributed by atoms with E-state index in [9.17, 15) is 0 Å². The summed E-state index contributed by atoms with van der Waals surface area (Å²) in [5.41, 5.74) is 12.6. The van der Waals surface area contributed by atoms with Crippen LogP contribution in [0.3, 0.4) is 0 Å². The molecule has 0 aliphatic heterocycles. The summed E-state index contributed by atoms with van der Waals surface area (Å²) in [7, 11) is 0. The molecule has 1 N–H and O–H groups in total. The van der Waals surface area contributed by atoms with E-state index in [0.29, 0.717) is 5.84 Å². The minimum absolute atomic E-state index is 0.0390. The number of nitrogens with one attached hydrogen (secondary N) is 1.